The Morgan fingerprint density at radius 2 is 1.79 bits per heavy atom. The number of carbonyl (C=O) groups is 3. The molecule has 3 saturated heterocycles. The number of aryl methyl sites for hydroxylation is 1. The van der Waals surface area contributed by atoms with Crippen LogP contribution >= 0.6 is 0 Å². The Balaban J connectivity index is 0.795. The summed E-state index contributed by atoms with van der Waals surface area (Å²) in [4.78, 5) is 60.8. The molecule has 2 aromatic heterocycles. The van der Waals surface area contributed by atoms with Gasteiger partial charge in [-0.2, -0.15) is 23.1 Å². The summed E-state index contributed by atoms with van der Waals surface area (Å²) in [6.07, 6.45) is 8.37. The Labute approximate surface area is 381 Å². The summed E-state index contributed by atoms with van der Waals surface area (Å²) in [6.45, 7) is 5.16. The number of benzene rings is 3. The van der Waals surface area contributed by atoms with E-state index in [1.807, 2.05) is 22.7 Å². The summed E-state index contributed by atoms with van der Waals surface area (Å²) < 4.78 is 53.2. The van der Waals surface area contributed by atoms with Crippen LogP contribution < -0.4 is 20.3 Å². The second-order valence-electron chi connectivity index (χ2n) is 18.3. The van der Waals surface area contributed by atoms with Crippen LogP contribution in [-0.4, -0.2) is 106 Å². The van der Waals surface area contributed by atoms with Crippen LogP contribution in [0.2, 0.25) is 0 Å². The van der Waals surface area contributed by atoms with Gasteiger partial charge in [-0.3, -0.25) is 43.4 Å². The van der Waals surface area contributed by atoms with Crippen molar-refractivity contribution in [3.63, 3.8) is 0 Å². The zero-order valence-corrected chi connectivity index (χ0v) is 38.1. The first kappa shape index (κ1) is 44.9. The van der Waals surface area contributed by atoms with Gasteiger partial charge in [-0.05, 0) is 118 Å². The third kappa shape index (κ3) is 8.64. The highest BCUT2D eigenvalue weighted by Gasteiger charge is 2.43. The van der Waals surface area contributed by atoms with Crippen molar-refractivity contribution in [1.82, 2.24) is 38.8 Å². The van der Waals surface area contributed by atoms with Gasteiger partial charge in [0.25, 0.3) is 5.56 Å². The molecule has 4 fully saturated rings. The van der Waals surface area contributed by atoms with E-state index in [2.05, 4.69) is 38.1 Å². The molecule has 1 saturated carbocycles. The van der Waals surface area contributed by atoms with Gasteiger partial charge in [0, 0.05) is 51.6 Å². The average Bonchev–Trinajstić information content (AvgIpc) is 3.87. The number of ether oxygens (including phenoxy) is 1. The highest BCUT2D eigenvalue weighted by atomic mass is 32.2. The van der Waals surface area contributed by atoms with E-state index in [9.17, 15) is 32.9 Å². The SMILES string of the molecule is CCN(C)S(=O)(=O)Nc1ccc(F)c(Oc2ccc3ncn([C@H]4CCC5(CCN(C(=O)CN6CCC(c7ccc8c(C9CCC(=O)NC9=O)nn(C)c8c7)CC6)CC5)C4)c(=O)c3c2)c1C#N. The van der Waals surface area contributed by atoms with Crippen molar-refractivity contribution >= 4 is 55.4 Å². The Morgan fingerprint density at radius 3 is 2.52 bits per heavy atom. The molecule has 346 valence electrons. The van der Waals surface area contributed by atoms with E-state index in [1.165, 1.54) is 24.7 Å². The van der Waals surface area contributed by atoms with E-state index in [-0.39, 0.29) is 63.7 Å². The number of carbonyl (C=O) groups excluding carboxylic acids is 3. The van der Waals surface area contributed by atoms with Crippen LogP contribution in [0, 0.1) is 22.6 Å². The van der Waals surface area contributed by atoms with Gasteiger partial charge in [0.15, 0.2) is 11.6 Å². The zero-order chi connectivity index (χ0) is 46.5. The van der Waals surface area contributed by atoms with Crippen LogP contribution in [0.1, 0.15) is 99.4 Å². The van der Waals surface area contributed by atoms with E-state index in [0.29, 0.717) is 49.6 Å². The number of imide groups is 1. The molecule has 5 heterocycles. The number of nitrogens with one attached hydrogen (secondary N) is 2. The van der Waals surface area contributed by atoms with Crippen molar-refractivity contribution in [2.75, 3.05) is 51.0 Å². The fourth-order valence-electron chi connectivity index (χ4n) is 10.4. The number of hydrogen-bond acceptors (Lipinski definition) is 11. The van der Waals surface area contributed by atoms with Gasteiger partial charge in [-0.25, -0.2) is 9.37 Å². The van der Waals surface area contributed by atoms with E-state index >= 15 is 4.39 Å². The third-order valence-electron chi connectivity index (χ3n) is 14.4. The van der Waals surface area contributed by atoms with E-state index < -0.39 is 27.7 Å². The number of fused-ring (bicyclic) bond motifs is 2. The van der Waals surface area contributed by atoms with Crippen LogP contribution in [0.25, 0.3) is 21.8 Å². The van der Waals surface area contributed by atoms with E-state index in [4.69, 9.17) is 9.84 Å². The molecule has 1 aliphatic carbocycles. The first-order valence-electron chi connectivity index (χ1n) is 22.6. The molecule has 9 rings (SSSR count). The highest BCUT2D eigenvalue weighted by Crippen LogP contribution is 2.50. The van der Waals surface area contributed by atoms with Crippen LogP contribution in [0.5, 0.6) is 11.5 Å². The lowest BCUT2D eigenvalue weighted by Crippen LogP contribution is -2.47. The minimum absolute atomic E-state index is 0.000435. The number of anilines is 1. The molecule has 19 heteroatoms. The molecule has 66 heavy (non-hydrogen) atoms. The maximum absolute atomic E-state index is 15.2. The molecule has 1 unspecified atom stereocenters. The number of halogens is 1. The predicted molar refractivity (Wildman–Crippen MR) is 243 cm³/mol. The molecular weight excluding hydrogens is 868 g/mol. The zero-order valence-electron chi connectivity index (χ0n) is 37.3. The quantitative estimate of drug-likeness (QED) is 0.160. The number of likely N-dealkylation sites (tertiary alicyclic amines) is 2. The summed E-state index contributed by atoms with van der Waals surface area (Å²) in [5.41, 5.74) is 2.54. The van der Waals surface area contributed by atoms with Crippen molar-refractivity contribution in [1.29, 1.82) is 5.26 Å². The Bertz CT molecular complexity index is 2970. The topological polar surface area (TPSA) is 205 Å². The normalized spacial score (nSPS) is 20.6. The van der Waals surface area contributed by atoms with Crippen molar-refractivity contribution in [3.8, 4) is 17.6 Å². The Morgan fingerprint density at radius 1 is 1.02 bits per heavy atom. The molecule has 4 aliphatic rings. The number of rotatable bonds is 11. The Kier molecular flexibility index (Phi) is 12.2. The average molecular weight is 921 g/mol. The second-order valence-corrected chi connectivity index (χ2v) is 20.1. The summed E-state index contributed by atoms with van der Waals surface area (Å²) in [5.74, 6) is -1.78. The lowest BCUT2D eigenvalue weighted by Gasteiger charge is -2.40. The fourth-order valence-corrected chi connectivity index (χ4v) is 11.3. The molecule has 0 bridgehead atoms. The fraction of sp³-hybridized carbons (Fsp3) is 0.468. The second kappa shape index (κ2) is 17.9. The van der Waals surface area contributed by atoms with Crippen LogP contribution in [0.3, 0.4) is 0 Å². The first-order chi connectivity index (χ1) is 31.7. The van der Waals surface area contributed by atoms with Crippen molar-refractivity contribution < 1.29 is 31.9 Å². The molecule has 3 aromatic carbocycles. The van der Waals surface area contributed by atoms with Gasteiger partial charge in [-0.1, -0.05) is 19.1 Å². The predicted octanol–water partition coefficient (Wildman–Crippen LogP) is 5.43. The monoisotopic (exact) mass is 920 g/mol. The summed E-state index contributed by atoms with van der Waals surface area (Å²) >= 11 is 0. The van der Waals surface area contributed by atoms with Gasteiger partial charge < -0.3 is 9.64 Å². The van der Waals surface area contributed by atoms with Crippen LogP contribution in [0.4, 0.5) is 10.1 Å². The molecule has 0 radical (unpaired) electrons. The Hall–Kier alpha value is -6.23. The number of hydrogen-bond donors (Lipinski definition) is 2. The van der Waals surface area contributed by atoms with Crippen LogP contribution in [0.15, 0.2) is 59.7 Å². The number of nitrogens with zero attached hydrogens (tertiary/aromatic N) is 8. The van der Waals surface area contributed by atoms with Gasteiger partial charge in [0.05, 0.1) is 46.6 Å². The van der Waals surface area contributed by atoms with Crippen molar-refractivity contribution in [3.05, 3.63) is 87.9 Å². The molecule has 1 spiro atoms. The first-order valence-corrected chi connectivity index (χ1v) is 24.1. The maximum Gasteiger partial charge on any atom is 0.301 e. The minimum atomic E-state index is -4.02. The molecule has 17 nitrogen and oxygen atoms in total. The van der Waals surface area contributed by atoms with Crippen LogP contribution in [-0.2, 0) is 31.6 Å². The highest BCUT2D eigenvalue weighted by molar-refractivity contribution is 7.90. The summed E-state index contributed by atoms with van der Waals surface area (Å²) in [5, 5.41) is 18.3. The molecule has 2 N–H and O–H groups in total. The lowest BCUT2D eigenvalue weighted by molar-refractivity contribution is -0.135. The third-order valence-corrected chi connectivity index (χ3v) is 16.0. The van der Waals surface area contributed by atoms with E-state index in [1.54, 1.807) is 23.9 Å². The summed E-state index contributed by atoms with van der Waals surface area (Å²) in [6, 6.07) is 14.8. The van der Waals surface area contributed by atoms with Gasteiger partial charge >= 0.3 is 10.2 Å². The maximum atomic E-state index is 15.2. The number of nitriles is 1. The number of aromatic nitrogens is 4. The molecule has 3 amide bonds. The lowest BCUT2D eigenvalue weighted by atomic mass is 9.77. The molecule has 5 aromatic rings. The molecule has 2 atom stereocenters. The van der Waals surface area contributed by atoms with Crippen molar-refractivity contribution in [2.24, 2.45) is 12.5 Å². The summed E-state index contributed by atoms with van der Waals surface area (Å²) in [7, 11) is -0.765. The van der Waals surface area contributed by atoms with E-state index in [0.717, 1.165) is 85.4 Å². The number of amides is 3. The molecule has 3 aliphatic heterocycles. The van der Waals surface area contributed by atoms with Crippen molar-refractivity contribution in [2.45, 2.75) is 82.6 Å². The van der Waals surface area contributed by atoms with Gasteiger partial charge in [0.2, 0.25) is 17.7 Å². The largest absolute Gasteiger partial charge is 0.453 e. The number of piperidine rings is 3. The standard InChI is InChI=1S/C47H53FN10O7S/c1-4-54(2)66(63,64)53-39-11-9-37(48)44(36(39)26-49)65-32-6-10-38-35(24-32)46(62)58(28-50-38)31-13-16-47(25-31)17-21-57(22-18-47)42(60)27-56-19-14-29(15-20-56)30-5-7-33-40(23-30)55(3)52-43(33)34-8-12-41(59)51-45(34)61/h5-7,9-11,23-24,28-29,31,34,53H,4,8,12-22,25,27H2,1-3H3,(H,51,59,61)/t31-,34?/m0/s1. The van der Waals surface area contributed by atoms with Gasteiger partial charge in [-0.15, -0.1) is 0 Å². The minimum Gasteiger partial charge on any atom is -0.453 e. The smallest absolute Gasteiger partial charge is 0.301 e. The molecular formula is C47H53FN10O7S. The van der Waals surface area contributed by atoms with Gasteiger partial charge in [0.1, 0.15) is 17.4 Å².